The van der Waals surface area contributed by atoms with Crippen molar-refractivity contribution < 1.29 is 18.0 Å². The number of rotatable bonds is 2. The standard InChI is InChI=1S/C12H13F3N2O/c13-7-5-8(14)11(15)10(6-7)17-12(18)9-3-1-2-4-16-9/h5-6,9,16H,1-4H2,(H,17,18)/t9-/m1/s1. The number of benzene rings is 1. The molecule has 0 spiro atoms. The van der Waals surface area contributed by atoms with E-state index in [9.17, 15) is 18.0 Å². The molecule has 0 saturated carbocycles. The average molecular weight is 258 g/mol. The summed E-state index contributed by atoms with van der Waals surface area (Å²) in [5.41, 5.74) is -0.468. The van der Waals surface area contributed by atoms with Crippen molar-refractivity contribution in [1.82, 2.24) is 5.32 Å². The van der Waals surface area contributed by atoms with E-state index in [1.807, 2.05) is 0 Å². The number of amides is 1. The van der Waals surface area contributed by atoms with E-state index in [1.165, 1.54) is 0 Å². The Hall–Kier alpha value is -1.56. The topological polar surface area (TPSA) is 41.1 Å². The van der Waals surface area contributed by atoms with Crippen molar-refractivity contribution in [2.45, 2.75) is 25.3 Å². The highest BCUT2D eigenvalue weighted by Gasteiger charge is 2.22. The fourth-order valence-electron chi connectivity index (χ4n) is 1.94. The van der Waals surface area contributed by atoms with Gasteiger partial charge in [0.25, 0.3) is 0 Å². The SMILES string of the molecule is O=C(Nc1cc(F)cc(F)c1F)[C@H]1CCCCN1. The van der Waals surface area contributed by atoms with E-state index in [-0.39, 0.29) is 0 Å². The molecular formula is C12H13F3N2O. The molecule has 0 radical (unpaired) electrons. The minimum atomic E-state index is -1.32. The number of nitrogens with one attached hydrogen (secondary N) is 2. The molecular weight excluding hydrogens is 245 g/mol. The Morgan fingerprint density at radius 3 is 2.72 bits per heavy atom. The number of carbonyl (C=O) groups excluding carboxylic acids is 1. The number of carbonyl (C=O) groups is 1. The third-order valence-electron chi connectivity index (χ3n) is 2.88. The second kappa shape index (κ2) is 5.39. The highest BCUT2D eigenvalue weighted by atomic mass is 19.2. The summed E-state index contributed by atoms with van der Waals surface area (Å²) in [6.45, 7) is 0.706. The smallest absolute Gasteiger partial charge is 0.241 e. The zero-order valence-corrected chi connectivity index (χ0v) is 9.60. The fourth-order valence-corrected chi connectivity index (χ4v) is 1.94. The van der Waals surface area contributed by atoms with E-state index in [2.05, 4.69) is 10.6 Å². The molecule has 18 heavy (non-hydrogen) atoms. The Morgan fingerprint density at radius 2 is 2.06 bits per heavy atom. The predicted molar refractivity (Wildman–Crippen MR) is 60.6 cm³/mol. The van der Waals surface area contributed by atoms with Crippen LogP contribution in [0, 0.1) is 17.5 Å². The van der Waals surface area contributed by atoms with Crippen molar-refractivity contribution >= 4 is 11.6 Å². The van der Waals surface area contributed by atoms with Crippen LogP contribution in [0.5, 0.6) is 0 Å². The van der Waals surface area contributed by atoms with E-state index in [4.69, 9.17) is 0 Å². The first-order valence-electron chi connectivity index (χ1n) is 5.76. The van der Waals surface area contributed by atoms with Gasteiger partial charge in [-0.25, -0.2) is 13.2 Å². The van der Waals surface area contributed by atoms with Crippen molar-refractivity contribution in [3.8, 4) is 0 Å². The summed E-state index contributed by atoms with van der Waals surface area (Å²) in [6, 6.07) is 0.757. The molecule has 2 rings (SSSR count). The quantitative estimate of drug-likeness (QED) is 0.798. The third-order valence-corrected chi connectivity index (χ3v) is 2.88. The van der Waals surface area contributed by atoms with Crippen LogP contribution >= 0.6 is 0 Å². The van der Waals surface area contributed by atoms with Gasteiger partial charge in [0.15, 0.2) is 11.6 Å². The summed E-state index contributed by atoms with van der Waals surface area (Å²) in [4.78, 5) is 11.8. The van der Waals surface area contributed by atoms with Crippen LogP contribution in [-0.4, -0.2) is 18.5 Å². The van der Waals surface area contributed by atoms with Crippen LogP contribution < -0.4 is 10.6 Å². The Kier molecular flexibility index (Phi) is 3.86. The second-order valence-corrected chi connectivity index (χ2v) is 4.24. The normalized spacial score (nSPS) is 19.6. The summed E-state index contributed by atoms with van der Waals surface area (Å²) in [6.07, 6.45) is 2.50. The van der Waals surface area contributed by atoms with Gasteiger partial charge in [0, 0.05) is 12.1 Å². The van der Waals surface area contributed by atoms with Crippen LogP contribution in [0.25, 0.3) is 0 Å². The number of piperidine rings is 1. The van der Waals surface area contributed by atoms with Crippen LogP contribution in [0.2, 0.25) is 0 Å². The van der Waals surface area contributed by atoms with Crippen LogP contribution in [0.3, 0.4) is 0 Å². The van der Waals surface area contributed by atoms with Gasteiger partial charge >= 0.3 is 0 Å². The van der Waals surface area contributed by atoms with Crippen LogP contribution in [0.1, 0.15) is 19.3 Å². The molecule has 1 amide bonds. The molecule has 1 heterocycles. The van der Waals surface area contributed by atoms with Gasteiger partial charge in [-0.05, 0) is 19.4 Å². The Labute approximate surface area is 102 Å². The molecule has 0 aliphatic carbocycles. The van der Waals surface area contributed by atoms with E-state index in [0.29, 0.717) is 19.0 Å². The lowest BCUT2D eigenvalue weighted by Gasteiger charge is -2.22. The Morgan fingerprint density at radius 1 is 1.28 bits per heavy atom. The number of hydrogen-bond donors (Lipinski definition) is 2. The summed E-state index contributed by atoms with van der Waals surface area (Å²) >= 11 is 0. The lowest BCUT2D eigenvalue weighted by molar-refractivity contribution is -0.118. The highest BCUT2D eigenvalue weighted by Crippen LogP contribution is 2.20. The number of anilines is 1. The van der Waals surface area contributed by atoms with Crippen molar-refractivity contribution in [3.63, 3.8) is 0 Å². The summed E-state index contributed by atoms with van der Waals surface area (Å²) in [7, 11) is 0. The van der Waals surface area contributed by atoms with Crippen molar-refractivity contribution in [1.29, 1.82) is 0 Å². The molecule has 1 aliphatic rings. The van der Waals surface area contributed by atoms with E-state index in [0.717, 1.165) is 18.9 Å². The van der Waals surface area contributed by atoms with E-state index >= 15 is 0 Å². The molecule has 98 valence electrons. The first-order valence-corrected chi connectivity index (χ1v) is 5.76. The molecule has 1 saturated heterocycles. The molecule has 6 heteroatoms. The summed E-state index contributed by atoms with van der Waals surface area (Å²) in [5, 5.41) is 5.17. The predicted octanol–water partition coefficient (Wildman–Crippen LogP) is 2.18. The van der Waals surface area contributed by atoms with E-state index in [1.54, 1.807) is 0 Å². The molecule has 0 unspecified atom stereocenters. The molecule has 2 N–H and O–H groups in total. The van der Waals surface area contributed by atoms with Gasteiger partial charge in [0.2, 0.25) is 5.91 Å². The van der Waals surface area contributed by atoms with Crippen LogP contribution in [0.4, 0.5) is 18.9 Å². The van der Waals surface area contributed by atoms with Crippen molar-refractivity contribution in [2.75, 3.05) is 11.9 Å². The van der Waals surface area contributed by atoms with Gasteiger partial charge in [-0.3, -0.25) is 4.79 Å². The van der Waals surface area contributed by atoms with Gasteiger partial charge in [0.05, 0.1) is 11.7 Å². The summed E-state index contributed by atoms with van der Waals surface area (Å²) in [5.74, 6) is -3.97. The number of halogens is 3. The molecule has 1 atom stereocenters. The average Bonchev–Trinajstić information content (AvgIpc) is 2.36. The van der Waals surface area contributed by atoms with Crippen LogP contribution in [0.15, 0.2) is 12.1 Å². The molecule has 1 aromatic carbocycles. The van der Waals surface area contributed by atoms with Gasteiger partial charge in [-0.1, -0.05) is 6.42 Å². The maximum absolute atomic E-state index is 13.3. The third kappa shape index (κ3) is 2.81. The monoisotopic (exact) mass is 258 g/mol. The number of hydrogen-bond acceptors (Lipinski definition) is 2. The highest BCUT2D eigenvalue weighted by molar-refractivity contribution is 5.95. The minimum Gasteiger partial charge on any atom is -0.322 e. The van der Waals surface area contributed by atoms with Crippen molar-refractivity contribution in [2.24, 2.45) is 0 Å². The molecule has 1 fully saturated rings. The largest absolute Gasteiger partial charge is 0.322 e. The van der Waals surface area contributed by atoms with Crippen molar-refractivity contribution in [3.05, 3.63) is 29.6 Å². The van der Waals surface area contributed by atoms with Crippen LogP contribution in [-0.2, 0) is 4.79 Å². The molecule has 1 aromatic rings. The van der Waals surface area contributed by atoms with Gasteiger partial charge in [-0.15, -0.1) is 0 Å². The Balaban J connectivity index is 2.11. The fraction of sp³-hybridized carbons (Fsp3) is 0.417. The van der Waals surface area contributed by atoms with Gasteiger partial charge in [-0.2, -0.15) is 0 Å². The second-order valence-electron chi connectivity index (χ2n) is 4.24. The first-order chi connectivity index (χ1) is 8.58. The van der Waals surface area contributed by atoms with E-state index < -0.39 is 35.1 Å². The van der Waals surface area contributed by atoms with Gasteiger partial charge in [0.1, 0.15) is 5.82 Å². The zero-order valence-electron chi connectivity index (χ0n) is 9.60. The van der Waals surface area contributed by atoms with Gasteiger partial charge < -0.3 is 10.6 Å². The summed E-state index contributed by atoms with van der Waals surface area (Å²) < 4.78 is 39.2. The molecule has 0 aromatic heterocycles. The lowest BCUT2D eigenvalue weighted by Crippen LogP contribution is -2.43. The zero-order chi connectivity index (χ0) is 13.1. The molecule has 3 nitrogen and oxygen atoms in total. The molecule has 0 bridgehead atoms. The Bertz CT molecular complexity index is 459. The lowest BCUT2D eigenvalue weighted by atomic mass is 10.0. The maximum Gasteiger partial charge on any atom is 0.241 e. The maximum atomic E-state index is 13.3. The molecule has 1 aliphatic heterocycles. The first kappa shape index (κ1) is 12.9. The minimum absolute atomic E-state index is 0.434.